The van der Waals surface area contributed by atoms with Crippen LogP contribution in [0, 0.1) is 17.8 Å². The lowest BCUT2D eigenvalue weighted by Gasteiger charge is -2.35. The first-order chi connectivity index (χ1) is 13.3. The third kappa shape index (κ3) is 6.37. The Hall–Kier alpha value is -1.30. The minimum atomic E-state index is 0.971. The van der Waals surface area contributed by atoms with Gasteiger partial charge in [-0.3, -0.25) is 0 Å². The Morgan fingerprint density at radius 3 is 2.19 bits per heavy atom. The van der Waals surface area contributed by atoms with Crippen LogP contribution in [0.1, 0.15) is 88.7 Å². The summed E-state index contributed by atoms with van der Waals surface area (Å²) in [5.74, 6) is 2.95. The zero-order valence-electron chi connectivity index (χ0n) is 17.6. The fourth-order valence-electron chi connectivity index (χ4n) is 5.33. The van der Waals surface area contributed by atoms with Crippen molar-refractivity contribution in [1.82, 2.24) is 0 Å². The monoisotopic (exact) mass is 364 g/mol. The van der Waals surface area contributed by atoms with Crippen molar-refractivity contribution in [3.05, 3.63) is 59.7 Å². The highest BCUT2D eigenvalue weighted by molar-refractivity contribution is 5.22. The van der Waals surface area contributed by atoms with E-state index in [1.807, 2.05) is 0 Å². The molecule has 1 aromatic rings. The van der Waals surface area contributed by atoms with E-state index in [0.29, 0.717) is 0 Å². The van der Waals surface area contributed by atoms with Crippen molar-refractivity contribution in [1.29, 1.82) is 0 Å². The van der Waals surface area contributed by atoms with Crippen LogP contribution in [0.3, 0.4) is 0 Å². The quantitative estimate of drug-likeness (QED) is 0.388. The molecule has 1 fully saturated rings. The van der Waals surface area contributed by atoms with Gasteiger partial charge < -0.3 is 0 Å². The molecule has 0 amide bonds. The molecule has 3 rings (SSSR count). The Kier molecular flexibility index (Phi) is 8.24. The van der Waals surface area contributed by atoms with Crippen LogP contribution in [0.4, 0.5) is 0 Å². The second-order valence-electron chi connectivity index (χ2n) is 9.11. The molecule has 0 N–H and O–H groups in total. The number of hydrogen-bond acceptors (Lipinski definition) is 0. The Balaban J connectivity index is 1.36. The highest BCUT2D eigenvalue weighted by Crippen LogP contribution is 2.41. The fourth-order valence-corrected chi connectivity index (χ4v) is 5.33. The predicted octanol–water partition coefficient (Wildman–Crippen LogP) is 8.07. The standard InChI is InChI=1S/C27H40/c1-3-5-7-23-14-18-26(19-15-23)27-20-16-25(17-21-27)13-12-24-10-8-22(6-4-2)9-11-24/h3,8-11,14,25-27H,1,4-7,12-13,15-21H2,2H3. The van der Waals surface area contributed by atoms with E-state index in [9.17, 15) is 0 Å². The zero-order valence-corrected chi connectivity index (χ0v) is 17.6. The van der Waals surface area contributed by atoms with Gasteiger partial charge in [0.25, 0.3) is 0 Å². The topological polar surface area (TPSA) is 0 Å². The van der Waals surface area contributed by atoms with Crippen LogP contribution in [-0.4, -0.2) is 0 Å². The summed E-state index contributed by atoms with van der Waals surface area (Å²) in [6.07, 6.45) is 22.3. The number of aryl methyl sites for hydroxylation is 2. The predicted molar refractivity (Wildman–Crippen MR) is 119 cm³/mol. The van der Waals surface area contributed by atoms with E-state index in [1.165, 1.54) is 82.6 Å². The van der Waals surface area contributed by atoms with Crippen molar-refractivity contribution >= 4 is 0 Å². The van der Waals surface area contributed by atoms with Crippen molar-refractivity contribution in [2.24, 2.45) is 17.8 Å². The second-order valence-corrected chi connectivity index (χ2v) is 9.11. The third-order valence-corrected chi connectivity index (χ3v) is 7.18. The highest BCUT2D eigenvalue weighted by Gasteiger charge is 2.28. The molecule has 0 heteroatoms. The van der Waals surface area contributed by atoms with Gasteiger partial charge >= 0.3 is 0 Å². The summed E-state index contributed by atoms with van der Waals surface area (Å²) in [7, 11) is 0. The Morgan fingerprint density at radius 1 is 0.889 bits per heavy atom. The fraction of sp³-hybridized carbons (Fsp3) is 0.630. The van der Waals surface area contributed by atoms with Crippen LogP contribution in [0.25, 0.3) is 0 Å². The number of hydrogen-bond donors (Lipinski definition) is 0. The first kappa shape index (κ1) is 20.4. The van der Waals surface area contributed by atoms with Crippen LogP contribution in [0.2, 0.25) is 0 Å². The van der Waals surface area contributed by atoms with Gasteiger partial charge in [-0.2, -0.15) is 0 Å². The summed E-state index contributed by atoms with van der Waals surface area (Å²) < 4.78 is 0. The van der Waals surface area contributed by atoms with E-state index in [1.54, 1.807) is 11.1 Å². The van der Waals surface area contributed by atoms with Crippen LogP contribution >= 0.6 is 0 Å². The Labute approximate surface area is 168 Å². The molecule has 0 nitrogen and oxygen atoms in total. The molecular formula is C27H40. The van der Waals surface area contributed by atoms with Gasteiger partial charge in [-0.1, -0.05) is 68.2 Å². The molecule has 2 aliphatic carbocycles. The Bertz CT molecular complexity index is 583. The van der Waals surface area contributed by atoms with Crippen molar-refractivity contribution < 1.29 is 0 Å². The van der Waals surface area contributed by atoms with E-state index < -0.39 is 0 Å². The summed E-state index contributed by atoms with van der Waals surface area (Å²) in [6, 6.07) is 9.43. The highest BCUT2D eigenvalue weighted by atomic mass is 14.3. The lowest BCUT2D eigenvalue weighted by Crippen LogP contribution is -2.23. The van der Waals surface area contributed by atoms with Gasteiger partial charge in [-0.05, 0) is 93.1 Å². The second kappa shape index (κ2) is 10.9. The first-order valence-electron chi connectivity index (χ1n) is 11.6. The van der Waals surface area contributed by atoms with Gasteiger partial charge in [0, 0.05) is 0 Å². The van der Waals surface area contributed by atoms with Gasteiger partial charge in [0.05, 0.1) is 0 Å². The molecule has 0 bridgehead atoms. The molecule has 1 aromatic carbocycles. The SMILES string of the molecule is C=CCCC1=CCC(C2CCC(CCc3ccc(CCC)cc3)CC2)CC1. The molecule has 1 atom stereocenters. The first-order valence-corrected chi connectivity index (χ1v) is 11.6. The summed E-state index contributed by atoms with van der Waals surface area (Å²) in [4.78, 5) is 0. The van der Waals surface area contributed by atoms with Gasteiger partial charge in [-0.25, -0.2) is 0 Å². The van der Waals surface area contributed by atoms with Crippen molar-refractivity contribution in [2.75, 3.05) is 0 Å². The zero-order chi connectivity index (χ0) is 18.9. The van der Waals surface area contributed by atoms with Crippen LogP contribution in [0.15, 0.2) is 48.6 Å². The molecule has 0 heterocycles. The maximum absolute atomic E-state index is 3.86. The third-order valence-electron chi connectivity index (χ3n) is 7.18. The summed E-state index contributed by atoms with van der Waals surface area (Å²) >= 11 is 0. The minimum absolute atomic E-state index is 0.971. The summed E-state index contributed by atoms with van der Waals surface area (Å²) in [5, 5.41) is 0. The van der Waals surface area contributed by atoms with E-state index in [4.69, 9.17) is 0 Å². The van der Waals surface area contributed by atoms with Crippen molar-refractivity contribution in [2.45, 2.75) is 90.4 Å². The van der Waals surface area contributed by atoms with Gasteiger partial charge in [-0.15, -0.1) is 6.58 Å². The number of rotatable bonds is 9. The number of benzene rings is 1. The maximum Gasteiger partial charge on any atom is -0.0276 e. The maximum atomic E-state index is 3.86. The number of allylic oxidation sites excluding steroid dienone is 3. The average molecular weight is 365 g/mol. The largest absolute Gasteiger partial charge is 0.103 e. The van der Waals surface area contributed by atoms with E-state index in [0.717, 1.165) is 24.2 Å². The van der Waals surface area contributed by atoms with Gasteiger partial charge in [0.2, 0.25) is 0 Å². The molecule has 1 unspecified atom stereocenters. The molecular weight excluding hydrogens is 324 g/mol. The van der Waals surface area contributed by atoms with Crippen LogP contribution in [-0.2, 0) is 12.8 Å². The summed E-state index contributed by atoms with van der Waals surface area (Å²) in [6.45, 7) is 6.12. The Morgan fingerprint density at radius 2 is 1.59 bits per heavy atom. The molecule has 1 saturated carbocycles. The van der Waals surface area contributed by atoms with Crippen molar-refractivity contribution in [3.8, 4) is 0 Å². The van der Waals surface area contributed by atoms with E-state index in [-0.39, 0.29) is 0 Å². The molecule has 0 aliphatic heterocycles. The molecule has 2 aliphatic rings. The molecule has 148 valence electrons. The molecule has 0 spiro atoms. The van der Waals surface area contributed by atoms with Crippen LogP contribution < -0.4 is 0 Å². The van der Waals surface area contributed by atoms with Crippen LogP contribution in [0.5, 0.6) is 0 Å². The lowest BCUT2D eigenvalue weighted by atomic mass is 9.70. The van der Waals surface area contributed by atoms with Gasteiger partial charge in [0.1, 0.15) is 0 Å². The average Bonchev–Trinajstić information content (AvgIpc) is 2.73. The molecule has 0 radical (unpaired) electrons. The van der Waals surface area contributed by atoms with Gasteiger partial charge in [0.15, 0.2) is 0 Å². The molecule has 0 aromatic heterocycles. The summed E-state index contributed by atoms with van der Waals surface area (Å²) in [5.41, 5.74) is 4.74. The van der Waals surface area contributed by atoms with E-state index >= 15 is 0 Å². The molecule has 0 saturated heterocycles. The molecule has 27 heavy (non-hydrogen) atoms. The smallest absolute Gasteiger partial charge is 0.0276 e. The van der Waals surface area contributed by atoms with E-state index in [2.05, 4.69) is 49.9 Å². The normalized spacial score (nSPS) is 25.8. The lowest BCUT2D eigenvalue weighted by molar-refractivity contribution is 0.187. The van der Waals surface area contributed by atoms with Crippen molar-refractivity contribution in [3.63, 3.8) is 0 Å². The minimum Gasteiger partial charge on any atom is -0.103 e.